The van der Waals surface area contributed by atoms with E-state index in [2.05, 4.69) is 4.98 Å². The minimum atomic E-state index is -3.14. The molecule has 1 saturated heterocycles. The first-order chi connectivity index (χ1) is 11.9. The molecule has 6 heteroatoms. The van der Waals surface area contributed by atoms with Crippen molar-refractivity contribution in [1.82, 2.24) is 9.88 Å². The summed E-state index contributed by atoms with van der Waals surface area (Å²) in [6.07, 6.45) is 1.73. The first-order valence-electron chi connectivity index (χ1n) is 8.21. The van der Waals surface area contributed by atoms with Crippen LogP contribution in [0.4, 0.5) is 0 Å². The van der Waals surface area contributed by atoms with Crippen LogP contribution < -0.4 is 0 Å². The van der Waals surface area contributed by atoms with Crippen molar-refractivity contribution in [3.8, 4) is 0 Å². The van der Waals surface area contributed by atoms with Gasteiger partial charge >= 0.3 is 0 Å². The number of benzene rings is 2. The summed E-state index contributed by atoms with van der Waals surface area (Å²) in [7, 11) is -3.14. The van der Waals surface area contributed by atoms with Gasteiger partial charge in [0.1, 0.15) is 0 Å². The molecule has 5 nitrogen and oxygen atoms in total. The van der Waals surface area contributed by atoms with Crippen molar-refractivity contribution in [1.29, 1.82) is 0 Å². The minimum Gasteiger partial charge on any atom is -0.337 e. The van der Waals surface area contributed by atoms with Crippen LogP contribution in [-0.4, -0.2) is 48.8 Å². The molecule has 1 aromatic heterocycles. The summed E-state index contributed by atoms with van der Waals surface area (Å²) < 4.78 is 23.6. The SMILES string of the molecule is CS(=O)(=O)C1CCN(C(=O)c2c3ccccc3nc3ccccc23)C1. The van der Waals surface area contributed by atoms with Crippen molar-refractivity contribution in [2.24, 2.45) is 0 Å². The van der Waals surface area contributed by atoms with Gasteiger partial charge in [0, 0.05) is 30.1 Å². The van der Waals surface area contributed by atoms with Crippen molar-refractivity contribution in [3.63, 3.8) is 0 Å². The lowest BCUT2D eigenvalue weighted by molar-refractivity contribution is 0.0797. The van der Waals surface area contributed by atoms with Crippen LogP contribution in [0, 0.1) is 0 Å². The molecule has 1 aliphatic rings. The smallest absolute Gasteiger partial charge is 0.255 e. The molecule has 1 aliphatic heterocycles. The summed E-state index contributed by atoms with van der Waals surface area (Å²) in [4.78, 5) is 19.5. The number of nitrogens with zero attached hydrogens (tertiary/aromatic N) is 2. The van der Waals surface area contributed by atoms with E-state index in [0.717, 1.165) is 21.8 Å². The second-order valence-corrected chi connectivity index (χ2v) is 8.84. The highest BCUT2D eigenvalue weighted by Gasteiger charge is 2.34. The molecule has 0 aliphatic carbocycles. The maximum Gasteiger partial charge on any atom is 0.255 e. The second kappa shape index (κ2) is 5.81. The van der Waals surface area contributed by atoms with Gasteiger partial charge in [-0.05, 0) is 18.6 Å². The average molecular weight is 354 g/mol. The quantitative estimate of drug-likeness (QED) is 0.664. The molecule has 0 saturated carbocycles. The highest BCUT2D eigenvalue weighted by molar-refractivity contribution is 7.91. The number of hydrogen-bond acceptors (Lipinski definition) is 4. The number of pyridine rings is 1. The van der Waals surface area contributed by atoms with Crippen molar-refractivity contribution >= 4 is 37.6 Å². The van der Waals surface area contributed by atoms with Gasteiger partial charge in [-0.3, -0.25) is 4.79 Å². The van der Waals surface area contributed by atoms with Crippen molar-refractivity contribution in [3.05, 3.63) is 54.1 Å². The molecule has 1 amide bonds. The summed E-state index contributed by atoms with van der Waals surface area (Å²) >= 11 is 0. The minimum absolute atomic E-state index is 0.124. The fourth-order valence-electron chi connectivity index (χ4n) is 3.49. The van der Waals surface area contributed by atoms with Gasteiger partial charge < -0.3 is 4.90 Å². The number of para-hydroxylation sites is 2. The normalized spacial score (nSPS) is 18.1. The molecule has 3 aromatic rings. The average Bonchev–Trinajstić information content (AvgIpc) is 3.09. The van der Waals surface area contributed by atoms with Crippen molar-refractivity contribution < 1.29 is 13.2 Å². The Morgan fingerprint density at radius 3 is 2.12 bits per heavy atom. The lowest BCUT2D eigenvalue weighted by atomic mass is 10.0. The standard InChI is InChI=1S/C19H18N2O3S/c1-25(23,24)13-10-11-21(12-13)19(22)18-14-6-2-4-8-16(14)20-17-9-5-3-7-15(17)18/h2-9,13H,10-12H2,1H3. The Morgan fingerprint density at radius 1 is 1.04 bits per heavy atom. The van der Waals surface area contributed by atoms with Crippen LogP contribution in [0.5, 0.6) is 0 Å². The third kappa shape index (κ3) is 2.76. The molecule has 0 bridgehead atoms. The number of likely N-dealkylation sites (tertiary alicyclic amines) is 1. The predicted octanol–water partition coefficient (Wildman–Crippen LogP) is 2.65. The summed E-state index contributed by atoms with van der Waals surface area (Å²) in [6.45, 7) is 0.712. The first kappa shape index (κ1) is 16.0. The largest absolute Gasteiger partial charge is 0.337 e. The van der Waals surface area contributed by atoms with Crippen LogP contribution in [0.25, 0.3) is 21.8 Å². The fraction of sp³-hybridized carbons (Fsp3) is 0.263. The zero-order valence-electron chi connectivity index (χ0n) is 13.8. The van der Waals surface area contributed by atoms with Gasteiger partial charge in [0.25, 0.3) is 5.91 Å². The summed E-state index contributed by atoms with van der Waals surface area (Å²) in [6, 6.07) is 15.1. The molecule has 2 aromatic carbocycles. The molecule has 128 valence electrons. The molecular formula is C19H18N2O3S. The molecule has 1 fully saturated rings. The van der Waals surface area contributed by atoms with Gasteiger partial charge in [0.05, 0.1) is 21.8 Å². The molecule has 1 unspecified atom stereocenters. The number of rotatable bonds is 2. The number of amides is 1. The zero-order valence-corrected chi connectivity index (χ0v) is 14.7. The van der Waals surface area contributed by atoms with Crippen molar-refractivity contribution in [2.75, 3.05) is 19.3 Å². The number of aromatic nitrogens is 1. The van der Waals surface area contributed by atoms with E-state index in [-0.39, 0.29) is 12.5 Å². The van der Waals surface area contributed by atoms with Crippen LogP contribution in [0.3, 0.4) is 0 Å². The number of carbonyl (C=O) groups excluding carboxylic acids is 1. The van der Waals surface area contributed by atoms with E-state index in [9.17, 15) is 13.2 Å². The van der Waals surface area contributed by atoms with Gasteiger partial charge in [0.15, 0.2) is 9.84 Å². The third-order valence-electron chi connectivity index (χ3n) is 4.84. The summed E-state index contributed by atoms with van der Waals surface area (Å²) in [5.74, 6) is -0.124. The van der Waals surface area contributed by atoms with Crippen LogP contribution in [-0.2, 0) is 9.84 Å². The third-order valence-corrected chi connectivity index (χ3v) is 6.44. The van der Waals surface area contributed by atoms with Crippen LogP contribution in [0.1, 0.15) is 16.8 Å². The zero-order chi connectivity index (χ0) is 17.6. The van der Waals surface area contributed by atoms with E-state index in [1.807, 2.05) is 48.5 Å². The lowest BCUT2D eigenvalue weighted by Crippen LogP contribution is -2.31. The van der Waals surface area contributed by atoms with Crippen LogP contribution in [0.2, 0.25) is 0 Å². The van der Waals surface area contributed by atoms with Crippen LogP contribution in [0.15, 0.2) is 48.5 Å². The Morgan fingerprint density at radius 2 is 1.60 bits per heavy atom. The Kier molecular flexibility index (Phi) is 3.72. The van der Waals surface area contributed by atoms with E-state index in [4.69, 9.17) is 0 Å². The maximum absolute atomic E-state index is 13.3. The number of carbonyl (C=O) groups is 1. The van der Waals surface area contributed by atoms with E-state index in [1.165, 1.54) is 6.26 Å². The summed E-state index contributed by atoms with van der Waals surface area (Å²) in [5, 5.41) is 1.12. The Hall–Kier alpha value is -2.47. The fourth-order valence-corrected chi connectivity index (χ4v) is 4.47. The highest BCUT2D eigenvalue weighted by atomic mass is 32.2. The van der Waals surface area contributed by atoms with E-state index in [1.54, 1.807) is 4.90 Å². The molecule has 0 spiro atoms. The highest BCUT2D eigenvalue weighted by Crippen LogP contribution is 2.29. The van der Waals surface area contributed by atoms with Gasteiger partial charge in [0.2, 0.25) is 0 Å². The van der Waals surface area contributed by atoms with E-state index in [0.29, 0.717) is 18.5 Å². The maximum atomic E-state index is 13.3. The summed E-state index contributed by atoms with van der Waals surface area (Å²) in [5.41, 5.74) is 2.14. The van der Waals surface area contributed by atoms with Gasteiger partial charge in [-0.1, -0.05) is 36.4 Å². The van der Waals surface area contributed by atoms with Crippen LogP contribution >= 0.6 is 0 Å². The van der Waals surface area contributed by atoms with E-state index < -0.39 is 15.1 Å². The molecule has 25 heavy (non-hydrogen) atoms. The predicted molar refractivity (Wildman–Crippen MR) is 98.4 cm³/mol. The van der Waals surface area contributed by atoms with Crippen molar-refractivity contribution in [2.45, 2.75) is 11.7 Å². The molecule has 0 radical (unpaired) electrons. The van der Waals surface area contributed by atoms with Gasteiger partial charge in [-0.2, -0.15) is 0 Å². The molecule has 4 rings (SSSR count). The topological polar surface area (TPSA) is 67.3 Å². The first-order valence-corrected chi connectivity index (χ1v) is 10.2. The second-order valence-electron chi connectivity index (χ2n) is 6.51. The monoisotopic (exact) mass is 354 g/mol. The number of fused-ring (bicyclic) bond motifs is 2. The molecule has 2 heterocycles. The number of sulfone groups is 1. The molecule has 0 N–H and O–H groups in total. The number of hydrogen-bond donors (Lipinski definition) is 0. The van der Waals surface area contributed by atoms with Gasteiger partial charge in [-0.15, -0.1) is 0 Å². The molecule has 1 atom stereocenters. The Bertz CT molecular complexity index is 1040. The Balaban J connectivity index is 1.86. The Labute approximate surface area is 146 Å². The van der Waals surface area contributed by atoms with Gasteiger partial charge in [-0.25, -0.2) is 13.4 Å². The molecular weight excluding hydrogens is 336 g/mol. The van der Waals surface area contributed by atoms with E-state index >= 15 is 0 Å². The lowest BCUT2D eigenvalue weighted by Gasteiger charge is -2.19.